The second-order valence-electron chi connectivity index (χ2n) is 3.67. The number of carbonyl (C=O) groups excluding carboxylic acids is 1. The Labute approximate surface area is 71.9 Å². The molecule has 2 aliphatic rings. The summed E-state index contributed by atoms with van der Waals surface area (Å²) in [5.41, 5.74) is 0. The van der Waals surface area contributed by atoms with E-state index in [0.717, 1.165) is 24.7 Å². The molecular formula is C9H14OS. The van der Waals surface area contributed by atoms with Gasteiger partial charge in [-0.1, -0.05) is 0 Å². The number of hydrogen-bond donors (Lipinski definition) is 0. The minimum atomic E-state index is 0.512. The van der Waals surface area contributed by atoms with E-state index in [-0.39, 0.29) is 0 Å². The van der Waals surface area contributed by atoms with E-state index in [1.165, 1.54) is 24.3 Å². The number of Topliss-reactive ketones (excluding diaryl/α,β-unsaturated/α-hetero) is 1. The van der Waals surface area contributed by atoms with Crippen molar-refractivity contribution in [2.75, 3.05) is 11.5 Å². The van der Waals surface area contributed by atoms with Crippen molar-refractivity contribution in [2.24, 2.45) is 11.8 Å². The zero-order valence-corrected chi connectivity index (χ0v) is 7.53. The van der Waals surface area contributed by atoms with Crippen LogP contribution in [0.4, 0.5) is 0 Å². The summed E-state index contributed by atoms with van der Waals surface area (Å²) in [5, 5.41) is 0. The van der Waals surface area contributed by atoms with Crippen molar-refractivity contribution in [3.8, 4) is 0 Å². The third kappa shape index (κ3) is 1.61. The van der Waals surface area contributed by atoms with Crippen LogP contribution in [-0.2, 0) is 4.79 Å². The highest BCUT2D eigenvalue weighted by molar-refractivity contribution is 7.99. The summed E-state index contributed by atoms with van der Waals surface area (Å²) in [4.78, 5) is 11.1. The Morgan fingerprint density at radius 1 is 1.27 bits per heavy atom. The van der Waals surface area contributed by atoms with Crippen molar-refractivity contribution in [1.82, 2.24) is 0 Å². The van der Waals surface area contributed by atoms with E-state index < -0.39 is 0 Å². The van der Waals surface area contributed by atoms with Crippen LogP contribution in [0.15, 0.2) is 0 Å². The largest absolute Gasteiger partial charge is 0.300 e. The summed E-state index contributed by atoms with van der Waals surface area (Å²) < 4.78 is 0. The molecule has 0 N–H and O–H groups in total. The van der Waals surface area contributed by atoms with E-state index in [1.807, 2.05) is 0 Å². The molecule has 1 nitrogen and oxygen atoms in total. The molecule has 2 heteroatoms. The zero-order valence-electron chi connectivity index (χ0n) is 6.71. The van der Waals surface area contributed by atoms with E-state index in [0.29, 0.717) is 5.78 Å². The van der Waals surface area contributed by atoms with Gasteiger partial charge in [-0.25, -0.2) is 0 Å². The average Bonchev–Trinajstić information content (AvgIpc) is 2.04. The Morgan fingerprint density at radius 2 is 2.18 bits per heavy atom. The van der Waals surface area contributed by atoms with Gasteiger partial charge in [0.15, 0.2) is 0 Å². The molecule has 1 aliphatic carbocycles. The molecule has 2 atom stereocenters. The fraction of sp³-hybridized carbons (Fsp3) is 0.889. The Kier molecular flexibility index (Phi) is 2.21. The third-order valence-corrected chi connectivity index (χ3v) is 4.10. The maximum atomic E-state index is 11.1. The number of hydrogen-bond acceptors (Lipinski definition) is 2. The Bertz CT molecular complexity index is 167. The lowest BCUT2D eigenvalue weighted by Crippen LogP contribution is -2.29. The van der Waals surface area contributed by atoms with Gasteiger partial charge in [0, 0.05) is 12.8 Å². The third-order valence-electron chi connectivity index (χ3n) is 2.92. The molecule has 1 saturated carbocycles. The summed E-state index contributed by atoms with van der Waals surface area (Å²) in [5.74, 6) is 4.76. The van der Waals surface area contributed by atoms with Crippen molar-refractivity contribution in [3.63, 3.8) is 0 Å². The van der Waals surface area contributed by atoms with Crippen molar-refractivity contribution < 1.29 is 4.79 Å². The summed E-state index contributed by atoms with van der Waals surface area (Å²) in [7, 11) is 0. The molecule has 1 aliphatic heterocycles. The second kappa shape index (κ2) is 3.18. The molecule has 0 amide bonds. The van der Waals surface area contributed by atoms with Gasteiger partial charge in [-0.15, -0.1) is 0 Å². The van der Waals surface area contributed by atoms with Crippen LogP contribution in [0.5, 0.6) is 0 Å². The summed E-state index contributed by atoms with van der Waals surface area (Å²) >= 11 is 2.07. The summed E-state index contributed by atoms with van der Waals surface area (Å²) in [6, 6.07) is 0. The van der Waals surface area contributed by atoms with Gasteiger partial charge in [0.1, 0.15) is 5.78 Å². The van der Waals surface area contributed by atoms with E-state index in [1.54, 1.807) is 0 Å². The van der Waals surface area contributed by atoms with Crippen LogP contribution in [0.2, 0.25) is 0 Å². The van der Waals surface area contributed by atoms with E-state index in [4.69, 9.17) is 0 Å². The Morgan fingerprint density at radius 3 is 3.09 bits per heavy atom. The lowest BCUT2D eigenvalue weighted by Gasteiger charge is -2.34. The first-order valence-corrected chi connectivity index (χ1v) is 5.61. The van der Waals surface area contributed by atoms with E-state index >= 15 is 0 Å². The summed E-state index contributed by atoms with van der Waals surface area (Å²) in [6.45, 7) is 0. The number of carbonyl (C=O) groups is 1. The van der Waals surface area contributed by atoms with E-state index in [9.17, 15) is 4.79 Å². The van der Waals surface area contributed by atoms with Gasteiger partial charge < -0.3 is 0 Å². The molecular weight excluding hydrogens is 156 g/mol. The van der Waals surface area contributed by atoms with Crippen LogP contribution in [-0.4, -0.2) is 17.3 Å². The van der Waals surface area contributed by atoms with E-state index in [2.05, 4.69) is 11.8 Å². The molecule has 1 heterocycles. The normalized spacial score (nSPS) is 38.4. The van der Waals surface area contributed by atoms with Gasteiger partial charge in [-0.2, -0.15) is 11.8 Å². The van der Waals surface area contributed by atoms with Crippen molar-refractivity contribution in [1.29, 1.82) is 0 Å². The Balaban J connectivity index is 1.98. The van der Waals surface area contributed by atoms with Gasteiger partial charge in [0.2, 0.25) is 0 Å². The first-order chi connectivity index (χ1) is 5.36. The molecule has 2 unspecified atom stereocenters. The second-order valence-corrected chi connectivity index (χ2v) is 4.82. The standard InChI is InChI=1S/C9H14OS/c10-9-2-1-8-6-11-4-3-7(8)5-9/h7-8H,1-6H2. The fourth-order valence-electron chi connectivity index (χ4n) is 2.17. The molecule has 0 bridgehead atoms. The molecule has 62 valence electrons. The van der Waals surface area contributed by atoms with Gasteiger partial charge in [0.05, 0.1) is 0 Å². The van der Waals surface area contributed by atoms with Gasteiger partial charge in [-0.05, 0) is 36.2 Å². The highest BCUT2D eigenvalue weighted by Gasteiger charge is 2.31. The van der Waals surface area contributed by atoms with Crippen LogP contribution < -0.4 is 0 Å². The van der Waals surface area contributed by atoms with Crippen LogP contribution in [0.1, 0.15) is 25.7 Å². The SMILES string of the molecule is O=C1CCC2CSCCC2C1. The predicted octanol–water partition coefficient (Wildman–Crippen LogP) is 2.11. The molecule has 2 fully saturated rings. The van der Waals surface area contributed by atoms with Crippen molar-refractivity contribution in [3.05, 3.63) is 0 Å². The van der Waals surface area contributed by atoms with Crippen LogP contribution in [0.3, 0.4) is 0 Å². The monoisotopic (exact) mass is 170 g/mol. The van der Waals surface area contributed by atoms with Crippen LogP contribution in [0, 0.1) is 11.8 Å². The molecule has 1 saturated heterocycles. The van der Waals surface area contributed by atoms with Crippen LogP contribution in [0.25, 0.3) is 0 Å². The number of rotatable bonds is 0. The quantitative estimate of drug-likeness (QED) is 0.554. The topological polar surface area (TPSA) is 17.1 Å². The minimum absolute atomic E-state index is 0.512. The van der Waals surface area contributed by atoms with Crippen molar-refractivity contribution in [2.45, 2.75) is 25.7 Å². The fourth-order valence-corrected chi connectivity index (χ4v) is 3.55. The van der Waals surface area contributed by atoms with Gasteiger partial charge >= 0.3 is 0 Å². The van der Waals surface area contributed by atoms with Gasteiger partial charge in [0.25, 0.3) is 0 Å². The molecule has 0 aromatic rings. The maximum absolute atomic E-state index is 11.1. The highest BCUT2D eigenvalue weighted by Crippen LogP contribution is 2.37. The molecule has 2 rings (SSSR count). The molecule has 0 aromatic carbocycles. The van der Waals surface area contributed by atoms with Crippen LogP contribution >= 0.6 is 11.8 Å². The first-order valence-electron chi connectivity index (χ1n) is 4.45. The molecule has 0 spiro atoms. The lowest BCUT2D eigenvalue weighted by atomic mass is 9.78. The molecule has 0 aromatic heterocycles. The average molecular weight is 170 g/mol. The molecule has 0 radical (unpaired) electrons. The predicted molar refractivity (Wildman–Crippen MR) is 47.8 cm³/mol. The lowest BCUT2D eigenvalue weighted by molar-refractivity contribution is -0.122. The number of fused-ring (bicyclic) bond motifs is 1. The molecule has 11 heavy (non-hydrogen) atoms. The van der Waals surface area contributed by atoms with Gasteiger partial charge in [-0.3, -0.25) is 4.79 Å². The summed E-state index contributed by atoms with van der Waals surface area (Å²) in [6.07, 6.45) is 4.23. The zero-order chi connectivity index (χ0) is 7.68. The van der Waals surface area contributed by atoms with Crippen molar-refractivity contribution >= 4 is 17.5 Å². The number of thioether (sulfide) groups is 1. The maximum Gasteiger partial charge on any atom is 0.133 e. The highest BCUT2D eigenvalue weighted by atomic mass is 32.2. The minimum Gasteiger partial charge on any atom is -0.300 e. The Hall–Kier alpha value is 0.0200. The first kappa shape index (κ1) is 7.66. The number of ketones is 1. The smallest absolute Gasteiger partial charge is 0.133 e.